The number of nitrogens with two attached hydrogens (primary N) is 1. The van der Waals surface area contributed by atoms with Crippen molar-refractivity contribution in [1.29, 1.82) is 0 Å². The summed E-state index contributed by atoms with van der Waals surface area (Å²) in [7, 11) is 0. The van der Waals surface area contributed by atoms with Crippen LogP contribution in [0, 0.1) is 0 Å². The monoisotopic (exact) mass is 344 g/mol. The molecule has 128 valence electrons. The van der Waals surface area contributed by atoms with Crippen LogP contribution in [0.4, 0.5) is 0 Å². The minimum Gasteiger partial charge on any atom is -0.478 e. The van der Waals surface area contributed by atoms with Crippen molar-refractivity contribution in [2.75, 3.05) is 6.54 Å². The number of nitrogens with zero attached hydrogens (tertiary/aromatic N) is 1. The van der Waals surface area contributed by atoms with Crippen molar-refractivity contribution in [1.82, 2.24) is 4.41 Å². The zero-order chi connectivity index (χ0) is 17.4. The lowest BCUT2D eigenvalue weighted by Gasteiger charge is -2.17. The van der Waals surface area contributed by atoms with Gasteiger partial charge in [0.05, 0.1) is 5.56 Å². The third kappa shape index (κ3) is 5.67. The molecule has 0 unspecified atom stereocenters. The van der Waals surface area contributed by atoms with Crippen LogP contribution < -0.4 is 5.84 Å². The van der Waals surface area contributed by atoms with Crippen LogP contribution in [0.25, 0.3) is 0 Å². The first-order valence-corrected chi connectivity index (χ1v) is 8.98. The van der Waals surface area contributed by atoms with Crippen LogP contribution in [0.2, 0.25) is 0 Å². The molecule has 24 heavy (non-hydrogen) atoms. The number of aryl methyl sites for hydroxylation is 2. The van der Waals surface area contributed by atoms with Crippen LogP contribution in [0.15, 0.2) is 53.4 Å². The molecule has 0 aliphatic rings. The number of rotatable bonds is 9. The number of hydrogen-bond donors (Lipinski definition) is 2. The molecular formula is C19H24N2O2S. The number of hydrazine groups is 1. The van der Waals surface area contributed by atoms with Crippen LogP contribution in [-0.2, 0) is 12.8 Å². The van der Waals surface area contributed by atoms with Gasteiger partial charge in [0.15, 0.2) is 0 Å². The Bertz CT molecular complexity index is 659. The molecular weight excluding hydrogens is 320 g/mol. The maximum absolute atomic E-state index is 10.9. The first kappa shape index (κ1) is 18.5. The molecule has 0 fully saturated rings. The fourth-order valence-corrected chi connectivity index (χ4v) is 3.28. The molecule has 2 aromatic rings. The first-order valence-electron chi connectivity index (χ1n) is 8.20. The van der Waals surface area contributed by atoms with Gasteiger partial charge in [-0.05, 0) is 60.5 Å². The lowest BCUT2D eigenvalue weighted by Crippen LogP contribution is -2.24. The Hall–Kier alpha value is -1.82. The SMILES string of the molecule is CCCCN(N)Sc1ccccc1CCc1ccc(C(=O)O)cc1. The van der Waals surface area contributed by atoms with Crippen LogP contribution in [-0.4, -0.2) is 22.0 Å². The lowest BCUT2D eigenvalue weighted by atomic mass is 10.0. The van der Waals surface area contributed by atoms with E-state index in [2.05, 4.69) is 19.1 Å². The molecule has 2 aromatic carbocycles. The predicted octanol–water partition coefficient (Wildman–Crippen LogP) is 4.15. The van der Waals surface area contributed by atoms with Crippen molar-refractivity contribution in [3.63, 3.8) is 0 Å². The van der Waals surface area contributed by atoms with Crippen LogP contribution in [0.3, 0.4) is 0 Å². The number of aromatic carboxylic acids is 1. The van der Waals surface area contributed by atoms with E-state index >= 15 is 0 Å². The highest BCUT2D eigenvalue weighted by Crippen LogP contribution is 2.25. The summed E-state index contributed by atoms with van der Waals surface area (Å²) in [6, 6.07) is 15.4. The van der Waals surface area contributed by atoms with Crippen LogP contribution in [0.1, 0.15) is 41.3 Å². The number of carbonyl (C=O) groups is 1. The molecule has 3 N–H and O–H groups in total. The van der Waals surface area contributed by atoms with Crippen LogP contribution in [0.5, 0.6) is 0 Å². The molecule has 4 nitrogen and oxygen atoms in total. The largest absolute Gasteiger partial charge is 0.478 e. The molecule has 0 aromatic heterocycles. The average Bonchev–Trinajstić information content (AvgIpc) is 2.59. The zero-order valence-corrected chi connectivity index (χ0v) is 14.8. The molecule has 0 aliphatic heterocycles. The first-order chi connectivity index (χ1) is 11.6. The van der Waals surface area contributed by atoms with E-state index in [1.165, 1.54) is 10.5 Å². The fraction of sp³-hybridized carbons (Fsp3) is 0.316. The van der Waals surface area contributed by atoms with E-state index in [0.29, 0.717) is 5.56 Å². The summed E-state index contributed by atoms with van der Waals surface area (Å²) in [4.78, 5) is 12.1. The topological polar surface area (TPSA) is 66.6 Å². The van der Waals surface area contributed by atoms with Gasteiger partial charge < -0.3 is 5.11 Å². The molecule has 0 heterocycles. The van der Waals surface area contributed by atoms with E-state index in [-0.39, 0.29) is 0 Å². The Balaban J connectivity index is 1.98. The van der Waals surface area contributed by atoms with E-state index in [1.807, 2.05) is 24.3 Å². The van der Waals surface area contributed by atoms with E-state index in [1.54, 1.807) is 28.5 Å². The normalized spacial score (nSPS) is 11.0. The minimum atomic E-state index is -0.890. The van der Waals surface area contributed by atoms with E-state index in [4.69, 9.17) is 10.9 Å². The highest BCUT2D eigenvalue weighted by molar-refractivity contribution is 7.97. The van der Waals surface area contributed by atoms with Crippen molar-refractivity contribution in [3.8, 4) is 0 Å². The molecule has 0 radical (unpaired) electrons. The predicted molar refractivity (Wildman–Crippen MR) is 98.9 cm³/mol. The summed E-state index contributed by atoms with van der Waals surface area (Å²) in [5.74, 6) is 5.16. The smallest absolute Gasteiger partial charge is 0.335 e. The van der Waals surface area contributed by atoms with Gasteiger partial charge in [0.25, 0.3) is 0 Å². The fourth-order valence-electron chi connectivity index (χ4n) is 2.38. The zero-order valence-electron chi connectivity index (χ0n) is 13.9. The van der Waals surface area contributed by atoms with Gasteiger partial charge in [-0.1, -0.05) is 43.7 Å². The standard InChI is InChI=1S/C19H24N2O2S/c1-2-3-14-21(20)24-18-7-5-4-6-16(18)11-8-15-9-12-17(13-10-15)19(22)23/h4-7,9-10,12-13H,2-3,8,11,14,20H2,1H3,(H,22,23). The lowest BCUT2D eigenvalue weighted by molar-refractivity contribution is 0.0697. The van der Waals surface area contributed by atoms with E-state index in [0.717, 1.165) is 37.8 Å². The Labute approximate surface area is 147 Å². The third-order valence-electron chi connectivity index (χ3n) is 3.80. The Morgan fingerprint density at radius 1 is 1.12 bits per heavy atom. The summed E-state index contributed by atoms with van der Waals surface area (Å²) in [6.07, 6.45) is 3.98. The van der Waals surface area contributed by atoms with Crippen molar-refractivity contribution in [3.05, 3.63) is 65.2 Å². The van der Waals surface area contributed by atoms with E-state index < -0.39 is 5.97 Å². The second-order valence-corrected chi connectivity index (χ2v) is 6.79. The molecule has 2 rings (SSSR count). The summed E-state index contributed by atoms with van der Waals surface area (Å²) in [5, 5.41) is 8.95. The highest BCUT2D eigenvalue weighted by Gasteiger charge is 2.08. The summed E-state index contributed by atoms with van der Waals surface area (Å²) in [5.41, 5.74) is 2.72. The van der Waals surface area contributed by atoms with Crippen LogP contribution >= 0.6 is 11.9 Å². The second kappa shape index (κ2) is 9.47. The van der Waals surface area contributed by atoms with Crippen molar-refractivity contribution < 1.29 is 9.90 Å². The Morgan fingerprint density at radius 2 is 1.83 bits per heavy atom. The number of hydrogen-bond acceptors (Lipinski definition) is 4. The molecule has 0 aliphatic carbocycles. The Morgan fingerprint density at radius 3 is 2.50 bits per heavy atom. The average molecular weight is 344 g/mol. The Kier molecular flexibility index (Phi) is 7.31. The third-order valence-corrected chi connectivity index (χ3v) is 4.82. The van der Waals surface area contributed by atoms with Gasteiger partial charge in [-0.25, -0.2) is 4.79 Å². The molecule has 0 atom stereocenters. The van der Waals surface area contributed by atoms with Gasteiger partial charge >= 0.3 is 5.97 Å². The summed E-state index contributed by atoms with van der Waals surface area (Å²) < 4.78 is 1.80. The van der Waals surface area contributed by atoms with Gasteiger partial charge in [0.1, 0.15) is 0 Å². The number of carboxylic acids is 1. The maximum atomic E-state index is 10.9. The highest BCUT2D eigenvalue weighted by atomic mass is 32.2. The second-order valence-electron chi connectivity index (χ2n) is 5.70. The minimum absolute atomic E-state index is 0.324. The molecule has 0 bridgehead atoms. The van der Waals surface area contributed by atoms with Crippen molar-refractivity contribution >= 4 is 17.9 Å². The van der Waals surface area contributed by atoms with Crippen molar-refractivity contribution in [2.45, 2.75) is 37.5 Å². The van der Waals surface area contributed by atoms with Gasteiger partial charge in [0.2, 0.25) is 0 Å². The summed E-state index contributed by atoms with van der Waals surface area (Å²) >= 11 is 1.59. The van der Waals surface area contributed by atoms with Gasteiger partial charge in [-0.2, -0.15) is 4.41 Å². The number of benzene rings is 2. The summed E-state index contributed by atoms with van der Waals surface area (Å²) in [6.45, 7) is 3.02. The molecule has 0 spiro atoms. The van der Waals surface area contributed by atoms with Gasteiger partial charge in [-0.15, -0.1) is 0 Å². The number of unbranched alkanes of at least 4 members (excludes halogenated alkanes) is 1. The molecule has 0 saturated heterocycles. The molecule has 0 saturated carbocycles. The van der Waals surface area contributed by atoms with Gasteiger partial charge in [-0.3, -0.25) is 5.84 Å². The van der Waals surface area contributed by atoms with Gasteiger partial charge in [0, 0.05) is 11.4 Å². The number of carboxylic acid groups (broad SMARTS) is 1. The maximum Gasteiger partial charge on any atom is 0.335 e. The molecule has 5 heteroatoms. The van der Waals surface area contributed by atoms with Crippen molar-refractivity contribution in [2.24, 2.45) is 5.84 Å². The molecule has 0 amide bonds. The quantitative estimate of drug-likeness (QED) is 0.406. The van der Waals surface area contributed by atoms with E-state index in [9.17, 15) is 4.79 Å².